The Kier molecular flexibility index (Phi) is 6.49. The van der Waals surface area contributed by atoms with E-state index in [1.165, 1.54) is 0 Å². The summed E-state index contributed by atoms with van der Waals surface area (Å²) in [6, 6.07) is 4.33. The molecule has 0 aromatic carbocycles. The van der Waals surface area contributed by atoms with Gasteiger partial charge in [0.05, 0.1) is 6.04 Å². The first-order valence-electron chi connectivity index (χ1n) is 5.28. The second kappa shape index (κ2) is 7.37. The van der Waals surface area contributed by atoms with E-state index in [1.54, 1.807) is 11.8 Å². The molecule has 3 nitrogen and oxygen atoms in total. The zero-order valence-corrected chi connectivity index (χ0v) is 12.0. The predicted octanol–water partition coefficient (Wildman–Crippen LogP) is 2.81. The number of nitrogens with one attached hydrogen (secondary N) is 1. The van der Waals surface area contributed by atoms with Gasteiger partial charge in [-0.2, -0.15) is 11.8 Å². The quantitative estimate of drug-likeness (QED) is 0.813. The third kappa shape index (κ3) is 4.49. The molecular formula is C11H18BrNO2S. The summed E-state index contributed by atoms with van der Waals surface area (Å²) in [5.74, 6) is 1.91. The molecule has 0 radical (unpaired) electrons. The van der Waals surface area contributed by atoms with Gasteiger partial charge in [-0.05, 0) is 47.7 Å². The Labute approximate surface area is 109 Å². The highest BCUT2D eigenvalue weighted by atomic mass is 79.9. The van der Waals surface area contributed by atoms with Crippen molar-refractivity contribution in [2.24, 2.45) is 0 Å². The summed E-state index contributed by atoms with van der Waals surface area (Å²) < 4.78 is 6.24. The van der Waals surface area contributed by atoms with Crippen LogP contribution in [0.3, 0.4) is 0 Å². The lowest BCUT2D eigenvalue weighted by molar-refractivity contribution is 0.262. The highest BCUT2D eigenvalue weighted by molar-refractivity contribution is 9.10. The van der Waals surface area contributed by atoms with Gasteiger partial charge in [0.15, 0.2) is 4.67 Å². The first-order valence-corrected chi connectivity index (χ1v) is 7.47. The Morgan fingerprint density at radius 2 is 2.31 bits per heavy atom. The molecule has 0 aliphatic heterocycles. The minimum atomic E-state index is 0.162. The second-order valence-corrected chi connectivity index (χ2v) is 5.39. The molecule has 0 spiro atoms. The van der Waals surface area contributed by atoms with Gasteiger partial charge in [0.2, 0.25) is 0 Å². The van der Waals surface area contributed by atoms with Crippen molar-refractivity contribution in [1.82, 2.24) is 5.32 Å². The summed E-state index contributed by atoms with van der Waals surface area (Å²) in [6.45, 7) is 2.28. The van der Waals surface area contributed by atoms with Crippen LogP contribution in [0.2, 0.25) is 0 Å². The number of aliphatic hydroxyl groups is 1. The molecule has 1 heterocycles. The molecular weight excluding hydrogens is 290 g/mol. The molecule has 0 amide bonds. The lowest BCUT2D eigenvalue weighted by atomic mass is 10.2. The monoisotopic (exact) mass is 307 g/mol. The van der Waals surface area contributed by atoms with Crippen LogP contribution in [0.15, 0.2) is 21.2 Å². The fourth-order valence-electron chi connectivity index (χ4n) is 1.57. The third-order valence-electron chi connectivity index (χ3n) is 2.35. The molecule has 0 aliphatic carbocycles. The molecule has 0 saturated carbocycles. The normalized spacial score (nSPS) is 15.0. The Morgan fingerprint density at radius 3 is 2.81 bits per heavy atom. The third-order valence-corrected chi connectivity index (χ3v) is 3.51. The molecule has 2 N–H and O–H groups in total. The van der Waals surface area contributed by atoms with Crippen molar-refractivity contribution in [2.45, 2.75) is 25.4 Å². The number of aliphatic hydroxyl groups excluding tert-OH is 1. The Hall–Kier alpha value is 0.0300. The summed E-state index contributed by atoms with van der Waals surface area (Å²) in [5.41, 5.74) is 0. The van der Waals surface area contributed by atoms with E-state index in [4.69, 9.17) is 9.52 Å². The average Bonchev–Trinajstić information content (AvgIpc) is 2.65. The molecule has 0 fully saturated rings. The maximum absolute atomic E-state index is 8.97. The van der Waals surface area contributed by atoms with E-state index in [1.807, 2.05) is 12.1 Å². The standard InChI is InChI=1S/C11H18BrNO2S/c1-8(10-3-4-11(12)15-10)13-9(5-6-14)7-16-2/h3-4,8-9,13-14H,5-7H2,1-2H3/t8-,9-/m0/s1. The first kappa shape index (κ1) is 14.1. The van der Waals surface area contributed by atoms with Gasteiger partial charge in [0.1, 0.15) is 5.76 Å². The van der Waals surface area contributed by atoms with Crippen LogP contribution in [0.1, 0.15) is 25.1 Å². The van der Waals surface area contributed by atoms with Crippen molar-refractivity contribution in [1.29, 1.82) is 0 Å². The van der Waals surface area contributed by atoms with E-state index in [0.29, 0.717) is 6.04 Å². The van der Waals surface area contributed by atoms with E-state index >= 15 is 0 Å². The van der Waals surface area contributed by atoms with Crippen LogP contribution >= 0.6 is 27.7 Å². The molecule has 0 aliphatic rings. The summed E-state index contributed by atoms with van der Waals surface area (Å²) in [5, 5.41) is 12.4. The van der Waals surface area contributed by atoms with E-state index in [2.05, 4.69) is 34.4 Å². The Bertz CT molecular complexity index is 300. The molecule has 1 aromatic rings. The summed E-state index contributed by atoms with van der Waals surface area (Å²) in [7, 11) is 0. The van der Waals surface area contributed by atoms with Crippen LogP contribution in [-0.4, -0.2) is 29.8 Å². The van der Waals surface area contributed by atoms with Crippen LogP contribution in [0, 0.1) is 0 Å². The zero-order chi connectivity index (χ0) is 12.0. The maximum atomic E-state index is 8.97. The van der Waals surface area contributed by atoms with Gasteiger partial charge in [-0.3, -0.25) is 0 Å². The van der Waals surface area contributed by atoms with Gasteiger partial charge in [-0.15, -0.1) is 0 Å². The number of halogens is 1. The van der Waals surface area contributed by atoms with Crippen molar-refractivity contribution in [3.05, 3.63) is 22.6 Å². The van der Waals surface area contributed by atoms with Gasteiger partial charge in [-0.1, -0.05) is 0 Å². The summed E-state index contributed by atoms with van der Waals surface area (Å²) in [4.78, 5) is 0. The van der Waals surface area contributed by atoms with Crippen molar-refractivity contribution in [2.75, 3.05) is 18.6 Å². The smallest absolute Gasteiger partial charge is 0.169 e. The van der Waals surface area contributed by atoms with Gasteiger partial charge >= 0.3 is 0 Å². The second-order valence-electron chi connectivity index (χ2n) is 3.69. The fourth-order valence-corrected chi connectivity index (χ4v) is 2.55. The summed E-state index contributed by atoms with van der Waals surface area (Å²) in [6.07, 6.45) is 2.84. The fraction of sp³-hybridized carbons (Fsp3) is 0.636. The molecule has 0 unspecified atom stereocenters. The van der Waals surface area contributed by atoms with Gasteiger partial charge in [-0.25, -0.2) is 0 Å². The Balaban J connectivity index is 2.50. The average molecular weight is 308 g/mol. The molecule has 1 rings (SSSR count). The number of furan rings is 1. The number of thioether (sulfide) groups is 1. The molecule has 2 atom stereocenters. The van der Waals surface area contributed by atoms with Gasteiger partial charge in [0.25, 0.3) is 0 Å². The van der Waals surface area contributed by atoms with Crippen LogP contribution in [0.5, 0.6) is 0 Å². The molecule has 5 heteroatoms. The van der Waals surface area contributed by atoms with Crippen molar-refractivity contribution in [3.8, 4) is 0 Å². The maximum Gasteiger partial charge on any atom is 0.169 e. The van der Waals surface area contributed by atoms with Crippen LogP contribution in [0.25, 0.3) is 0 Å². The SMILES string of the molecule is CSC[C@H](CCO)N[C@@H](C)c1ccc(Br)o1. The number of rotatable bonds is 7. The zero-order valence-electron chi connectivity index (χ0n) is 9.57. The van der Waals surface area contributed by atoms with E-state index in [0.717, 1.165) is 22.6 Å². The minimum absolute atomic E-state index is 0.162. The van der Waals surface area contributed by atoms with Crippen molar-refractivity contribution in [3.63, 3.8) is 0 Å². The van der Waals surface area contributed by atoms with Crippen LogP contribution < -0.4 is 5.32 Å². The molecule has 92 valence electrons. The largest absolute Gasteiger partial charge is 0.453 e. The van der Waals surface area contributed by atoms with Crippen molar-refractivity contribution < 1.29 is 9.52 Å². The van der Waals surface area contributed by atoms with Crippen molar-refractivity contribution >= 4 is 27.7 Å². The van der Waals surface area contributed by atoms with Crippen LogP contribution in [-0.2, 0) is 0 Å². The topological polar surface area (TPSA) is 45.4 Å². The van der Waals surface area contributed by atoms with Gasteiger partial charge in [0, 0.05) is 18.4 Å². The van der Waals surface area contributed by atoms with Gasteiger partial charge < -0.3 is 14.8 Å². The lowest BCUT2D eigenvalue weighted by Crippen LogP contribution is -2.34. The molecule has 1 aromatic heterocycles. The minimum Gasteiger partial charge on any atom is -0.453 e. The number of hydrogen-bond acceptors (Lipinski definition) is 4. The Morgan fingerprint density at radius 1 is 1.56 bits per heavy atom. The first-order chi connectivity index (χ1) is 7.67. The van der Waals surface area contributed by atoms with E-state index < -0.39 is 0 Å². The number of hydrogen-bond donors (Lipinski definition) is 2. The lowest BCUT2D eigenvalue weighted by Gasteiger charge is -2.20. The predicted molar refractivity (Wildman–Crippen MR) is 71.8 cm³/mol. The molecule has 0 saturated heterocycles. The highest BCUT2D eigenvalue weighted by Crippen LogP contribution is 2.21. The van der Waals surface area contributed by atoms with E-state index in [-0.39, 0.29) is 12.6 Å². The van der Waals surface area contributed by atoms with E-state index in [9.17, 15) is 0 Å². The molecule has 0 bridgehead atoms. The highest BCUT2D eigenvalue weighted by Gasteiger charge is 2.15. The van der Waals surface area contributed by atoms with Crippen LogP contribution in [0.4, 0.5) is 0 Å². The summed E-state index contributed by atoms with van der Waals surface area (Å²) >= 11 is 5.07. The molecule has 16 heavy (non-hydrogen) atoms.